The van der Waals surface area contributed by atoms with Gasteiger partial charge in [0.15, 0.2) is 0 Å². The molecule has 1 aliphatic carbocycles. The van der Waals surface area contributed by atoms with Crippen LogP contribution in [0.5, 0.6) is 0 Å². The molecule has 29 heavy (non-hydrogen) atoms. The van der Waals surface area contributed by atoms with Crippen molar-refractivity contribution < 1.29 is 14.0 Å². The monoisotopic (exact) mass is 392 g/mol. The van der Waals surface area contributed by atoms with E-state index in [2.05, 4.69) is 10.6 Å². The summed E-state index contributed by atoms with van der Waals surface area (Å²) in [5.74, 6) is -0.0956. The summed E-state index contributed by atoms with van der Waals surface area (Å²) < 4.78 is 5.78. The number of fused-ring (bicyclic) bond motifs is 2. The number of hydrogen-bond acceptors (Lipinski definition) is 4. The third kappa shape index (κ3) is 4.16. The molecule has 2 amide bonds. The van der Waals surface area contributed by atoms with Crippen molar-refractivity contribution in [2.75, 3.05) is 5.32 Å². The van der Waals surface area contributed by atoms with E-state index in [1.165, 1.54) is 0 Å². The lowest BCUT2D eigenvalue weighted by atomic mass is 10.1. The van der Waals surface area contributed by atoms with E-state index < -0.39 is 0 Å². The highest BCUT2D eigenvalue weighted by molar-refractivity contribution is 5.96. The first-order valence-electron chi connectivity index (χ1n) is 10.1. The van der Waals surface area contributed by atoms with Crippen LogP contribution in [0, 0.1) is 5.92 Å². The maximum Gasteiger partial charge on any atom is 0.226 e. The number of rotatable bonds is 5. The fourth-order valence-corrected chi connectivity index (χ4v) is 3.97. The van der Waals surface area contributed by atoms with Crippen molar-refractivity contribution in [2.24, 2.45) is 5.92 Å². The molecule has 150 valence electrons. The molecule has 1 fully saturated rings. The third-order valence-corrected chi connectivity index (χ3v) is 5.47. The summed E-state index contributed by atoms with van der Waals surface area (Å²) in [4.78, 5) is 37.3. The predicted octanol–water partition coefficient (Wildman–Crippen LogP) is 3.97. The van der Waals surface area contributed by atoms with Crippen LogP contribution in [0.15, 0.2) is 51.7 Å². The van der Waals surface area contributed by atoms with Crippen molar-refractivity contribution in [1.82, 2.24) is 5.32 Å². The molecule has 6 nitrogen and oxygen atoms in total. The number of carbonyl (C=O) groups is 2. The minimum absolute atomic E-state index is 0.0398. The Morgan fingerprint density at radius 3 is 2.59 bits per heavy atom. The Bertz CT molecular complexity index is 1130. The molecular formula is C23H24N2O4. The van der Waals surface area contributed by atoms with Crippen molar-refractivity contribution in [2.45, 2.75) is 45.1 Å². The Kier molecular flexibility index (Phi) is 5.34. The fraction of sp³-hybridized carbons (Fsp3) is 0.348. The topological polar surface area (TPSA) is 88.4 Å². The smallest absolute Gasteiger partial charge is 0.226 e. The summed E-state index contributed by atoms with van der Waals surface area (Å²) in [5.41, 5.74) is 1.41. The molecule has 6 heteroatoms. The molecular weight excluding hydrogens is 368 g/mol. The van der Waals surface area contributed by atoms with Gasteiger partial charge in [-0.2, -0.15) is 0 Å². The highest BCUT2D eigenvalue weighted by atomic mass is 16.3. The van der Waals surface area contributed by atoms with Crippen LogP contribution in [0.25, 0.3) is 21.9 Å². The zero-order valence-electron chi connectivity index (χ0n) is 16.4. The van der Waals surface area contributed by atoms with Crippen LogP contribution in [0.1, 0.15) is 39.0 Å². The van der Waals surface area contributed by atoms with E-state index >= 15 is 0 Å². The van der Waals surface area contributed by atoms with E-state index in [0.717, 1.165) is 25.7 Å². The predicted molar refractivity (Wildman–Crippen MR) is 113 cm³/mol. The van der Waals surface area contributed by atoms with Crippen molar-refractivity contribution in [3.05, 3.63) is 52.7 Å². The lowest BCUT2D eigenvalue weighted by Crippen LogP contribution is -2.38. The van der Waals surface area contributed by atoms with Crippen LogP contribution in [0.3, 0.4) is 0 Å². The molecule has 1 unspecified atom stereocenters. The van der Waals surface area contributed by atoms with Crippen LogP contribution in [0.4, 0.5) is 5.69 Å². The second-order valence-electron chi connectivity index (χ2n) is 7.78. The van der Waals surface area contributed by atoms with E-state index in [1.54, 1.807) is 36.4 Å². The molecule has 2 N–H and O–H groups in total. The van der Waals surface area contributed by atoms with Gasteiger partial charge in [-0.05, 0) is 50.1 Å². The molecule has 0 spiro atoms. The van der Waals surface area contributed by atoms with Crippen LogP contribution in [-0.2, 0) is 9.59 Å². The Balaban J connectivity index is 1.45. The zero-order valence-corrected chi connectivity index (χ0v) is 16.4. The van der Waals surface area contributed by atoms with Gasteiger partial charge in [-0.15, -0.1) is 0 Å². The molecule has 4 rings (SSSR count). The number of benzene rings is 2. The molecule has 3 aromatic rings. The van der Waals surface area contributed by atoms with Crippen LogP contribution in [0.2, 0.25) is 0 Å². The van der Waals surface area contributed by atoms with Gasteiger partial charge in [-0.1, -0.05) is 25.0 Å². The number of nitrogens with one attached hydrogen (secondary N) is 2. The van der Waals surface area contributed by atoms with Crippen molar-refractivity contribution >= 4 is 39.4 Å². The minimum atomic E-state index is -0.252. The maximum atomic E-state index is 12.7. The van der Waals surface area contributed by atoms with E-state index in [0.29, 0.717) is 27.6 Å². The van der Waals surface area contributed by atoms with Gasteiger partial charge >= 0.3 is 0 Å². The van der Waals surface area contributed by atoms with Crippen LogP contribution < -0.4 is 16.1 Å². The largest absolute Gasteiger partial charge is 0.456 e. The molecule has 1 aromatic heterocycles. The standard InChI is InChI=1S/C23H24N2O4/c1-14(24-23(28)15-6-2-3-7-15)12-21(26)25-16-10-11-20-18(13-16)22(27)17-8-4-5-9-19(17)29-20/h4-5,8-11,13-15H,2-3,6-7,12H2,1H3,(H,24,28)(H,25,26). The number of anilines is 1. The van der Waals surface area contributed by atoms with Crippen LogP contribution in [-0.4, -0.2) is 17.9 Å². The number of para-hydroxylation sites is 1. The molecule has 1 saturated carbocycles. The van der Waals surface area contributed by atoms with Gasteiger partial charge in [0, 0.05) is 24.1 Å². The molecule has 0 bridgehead atoms. The number of carbonyl (C=O) groups excluding carboxylic acids is 2. The van der Waals surface area contributed by atoms with Gasteiger partial charge in [0.05, 0.1) is 10.8 Å². The quantitative estimate of drug-likeness (QED) is 0.643. The van der Waals surface area contributed by atoms with Crippen molar-refractivity contribution in [3.63, 3.8) is 0 Å². The molecule has 2 aromatic carbocycles. The minimum Gasteiger partial charge on any atom is -0.456 e. The highest BCUT2D eigenvalue weighted by Gasteiger charge is 2.24. The first-order chi connectivity index (χ1) is 14.0. The fourth-order valence-electron chi connectivity index (χ4n) is 3.97. The first-order valence-corrected chi connectivity index (χ1v) is 10.1. The Labute approximate surface area is 168 Å². The summed E-state index contributed by atoms with van der Waals surface area (Å²) in [5, 5.41) is 6.67. The molecule has 1 aliphatic rings. The molecule has 1 heterocycles. The molecule has 0 saturated heterocycles. The van der Waals surface area contributed by atoms with Gasteiger partial charge in [0.2, 0.25) is 17.2 Å². The average Bonchev–Trinajstić information content (AvgIpc) is 3.23. The van der Waals surface area contributed by atoms with Crippen LogP contribution >= 0.6 is 0 Å². The summed E-state index contributed by atoms with van der Waals surface area (Å²) >= 11 is 0. The third-order valence-electron chi connectivity index (χ3n) is 5.47. The van der Waals surface area contributed by atoms with Gasteiger partial charge < -0.3 is 15.1 Å². The average molecular weight is 392 g/mol. The lowest BCUT2D eigenvalue weighted by molar-refractivity contribution is -0.125. The highest BCUT2D eigenvalue weighted by Crippen LogP contribution is 2.25. The van der Waals surface area contributed by atoms with Crippen molar-refractivity contribution in [3.8, 4) is 0 Å². The number of amides is 2. The van der Waals surface area contributed by atoms with Gasteiger partial charge in [-0.3, -0.25) is 14.4 Å². The summed E-state index contributed by atoms with van der Waals surface area (Å²) in [6, 6.07) is 11.9. The molecule has 0 radical (unpaired) electrons. The van der Waals surface area contributed by atoms with E-state index in [1.807, 2.05) is 13.0 Å². The number of hydrogen-bond donors (Lipinski definition) is 2. The normalized spacial score (nSPS) is 15.5. The van der Waals surface area contributed by atoms with Gasteiger partial charge in [0.25, 0.3) is 0 Å². The van der Waals surface area contributed by atoms with E-state index in [-0.39, 0.29) is 35.6 Å². The second-order valence-corrected chi connectivity index (χ2v) is 7.78. The summed E-state index contributed by atoms with van der Waals surface area (Å²) in [6.45, 7) is 1.83. The van der Waals surface area contributed by atoms with E-state index in [4.69, 9.17) is 4.42 Å². The van der Waals surface area contributed by atoms with E-state index in [9.17, 15) is 14.4 Å². The summed E-state index contributed by atoms with van der Waals surface area (Å²) in [7, 11) is 0. The Hall–Kier alpha value is -3.15. The maximum absolute atomic E-state index is 12.7. The second kappa shape index (κ2) is 8.07. The van der Waals surface area contributed by atoms with Crippen molar-refractivity contribution in [1.29, 1.82) is 0 Å². The molecule has 0 aliphatic heterocycles. The Morgan fingerprint density at radius 1 is 1.07 bits per heavy atom. The lowest BCUT2D eigenvalue weighted by Gasteiger charge is -2.16. The SMILES string of the molecule is CC(CC(=O)Nc1ccc2oc3ccccc3c(=O)c2c1)NC(=O)C1CCCC1. The zero-order chi connectivity index (χ0) is 20.4. The van der Waals surface area contributed by atoms with Gasteiger partial charge in [0.1, 0.15) is 11.2 Å². The Morgan fingerprint density at radius 2 is 1.79 bits per heavy atom. The molecule has 1 atom stereocenters. The first kappa shape index (κ1) is 19.2. The summed E-state index contributed by atoms with van der Waals surface area (Å²) in [6.07, 6.45) is 4.22. The van der Waals surface area contributed by atoms with Gasteiger partial charge in [-0.25, -0.2) is 0 Å².